The van der Waals surface area contributed by atoms with E-state index in [4.69, 9.17) is 11.6 Å². The molecule has 1 aliphatic heterocycles. The van der Waals surface area contributed by atoms with Crippen molar-refractivity contribution in [1.82, 2.24) is 15.5 Å². The van der Waals surface area contributed by atoms with Gasteiger partial charge in [0.2, 0.25) is 0 Å². The van der Waals surface area contributed by atoms with Crippen LogP contribution >= 0.6 is 27.5 Å². The molecule has 1 aromatic carbocycles. The van der Waals surface area contributed by atoms with Crippen LogP contribution in [0.3, 0.4) is 0 Å². The molecule has 0 saturated carbocycles. The summed E-state index contributed by atoms with van der Waals surface area (Å²) < 4.78 is 0.759. The third-order valence-electron chi connectivity index (χ3n) is 3.37. The molecule has 0 fully saturated rings. The van der Waals surface area contributed by atoms with Crippen LogP contribution in [0.2, 0.25) is 0 Å². The van der Waals surface area contributed by atoms with E-state index in [0.717, 1.165) is 4.47 Å². The molecule has 2 rings (SSSR count). The van der Waals surface area contributed by atoms with Gasteiger partial charge in [0.1, 0.15) is 0 Å². The Balaban J connectivity index is 1.78. The number of carbonyl (C=O) groups is 3. The Labute approximate surface area is 147 Å². The van der Waals surface area contributed by atoms with Crippen molar-refractivity contribution in [3.63, 3.8) is 0 Å². The highest BCUT2D eigenvalue weighted by Gasteiger charge is 2.34. The van der Waals surface area contributed by atoms with Gasteiger partial charge in [-0.05, 0) is 31.0 Å². The normalized spacial score (nSPS) is 13.2. The lowest BCUT2D eigenvalue weighted by Gasteiger charge is -2.14. The molecule has 0 aromatic heterocycles. The number of urea groups is 1. The highest BCUT2D eigenvalue weighted by atomic mass is 79.9. The molecule has 8 heteroatoms. The molecular formula is C15H17BrClN3O3. The maximum atomic E-state index is 12.2. The average molecular weight is 403 g/mol. The van der Waals surface area contributed by atoms with Crippen LogP contribution in [0.5, 0.6) is 0 Å². The minimum atomic E-state index is -0.294. The fraction of sp³-hybridized carbons (Fsp3) is 0.400. The smallest absolute Gasteiger partial charge is 0.314 e. The van der Waals surface area contributed by atoms with Crippen LogP contribution in [0.25, 0.3) is 0 Å². The molecule has 23 heavy (non-hydrogen) atoms. The predicted molar refractivity (Wildman–Crippen MR) is 90.9 cm³/mol. The fourth-order valence-electron chi connectivity index (χ4n) is 2.24. The summed E-state index contributed by atoms with van der Waals surface area (Å²) in [6.45, 7) is 1.17. The van der Waals surface area contributed by atoms with E-state index in [9.17, 15) is 14.4 Å². The maximum Gasteiger partial charge on any atom is 0.314 e. The molecule has 0 spiro atoms. The Hall–Kier alpha value is -1.60. The number of fused-ring (bicyclic) bond motifs is 1. The number of benzene rings is 1. The van der Waals surface area contributed by atoms with Crippen LogP contribution in [0.1, 0.15) is 33.6 Å². The molecule has 0 saturated heterocycles. The minimum Gasteiger partial charge on any atom is -0.338 e. The quantitative estimate of drug-likeness (QED) is 0.417. The molecule has 0 unspecified atom stereocenters. The Morgan fingerprint density at radius 1 is 1.09 bits per heavy atom. The zero-order valence-electron chi connectivity index (χ0n) is 12.4. The summed E-state index contributed by atoms with van der Waals surface area (Å²) >= 11 is 8.81. The van der Waals surface area contributed by atoms with Gasteiger partial charge in [-0.15, -0.1) is 11.6 Å². The van der Waals surface area contributed by atoms with Crippen LogP contribution in [-0.4, -0.2) is 48.3 Å². The third-order valence-corrected chi connectivity index (χ3v) is 4.13. The second kappa shape index (κ2) is 8.31. The van der Waals surface area contributed by atoms with Gasteiger partial charge >= 0.3 is 6.03 Å². The van der Waals surface area contributed by atoms with Crippen molar-refractivity contribution in [2.75, 3.05) is 25.5 Å². The number of nitrogens with one attached hydrogen (secondary N) is 2. The second-order valence-electron chi connectivity index (χ2n) is 5.03. The van der Waals surface area contributed by atoms with Crippen molar-refractivity contribution in [3.05, 3.63) is 33.8 Å². The van der Waals surface area contributed by atoms with Crippen molar-refractivity contribution >= 4 is 45.4 Å². The lowest BCUT2D eigenvalue weighted by molar-refractivity contribution is 0.0653. The van der Waals surface area contributed by atoms with Gasteiger partial charge in [-0.2, -0.15) is 0 Å². The number of rotatable bonds is 7. The fourth-order valence-corrected chi connectivity index (χ4v) is 2.73. The van der Waals surface area contributed by atoms with Gasteiger partial charge in [-0.1, -0.05) is 15.9 Å². The molecule has 0 atom stereocenters. The third kappa shape index (κ3) is 4.45. The maximum absolute atomic E-state index is 12.2. The number of imide groups is 1. The van der Waals surface area contributed by atoms with E-state index in [1.165, 1.54) is 4.90 Å². The highest BCUT2D eigenvalue weighted by molar-refractivity contribution is 9.10. The molecule has 1 aromatic rings. The first-order valence-electron chi connectivity index (χ1n) is 7.28. The highest BCUT2D eigenvalue weighted by Crippen LogP contribution is 2.25. The molecular weight excluding hydrogens is 386 g/mol. The van der Waals surface area contributed by atoms with Crippen molar-refractivity contribution < 1.29 is 14.4 Å². The Morgan fingerprint density at radius 2 is 1.74 bits per heavy atom. The Morgan fingerprint density at radius 3 is 2.43 bits per heavy atom. The van der Waals surface area contributed by atoms with Gasteiger partial charge < -0.3 is 10.6 Å². The number of halogens is 2. The van der Waals surface area contributed by atoms with Crippen LogP contribution in [0, 0.1) is 0 Å². The summed E-state index contributed by atoms with van der Waals surface area (Å²) in [5.41, 5.74) is 0.834. The molecule has 124 valence electrons. The van der Waals surface area contributed by atoms with Crippen LogP contribution in [0.15, 0.2) is 22.7 Å². The molecule has 4 amide bonds. The van der Waals surface area contributed by atoms with Crippen molar-refractivity contribution in [3.8, 4) is 0 Å². The first-order valence-corrected chi connectivity index (χ1v) is 8.60. The largest absolute Gasteiger partial charge is 0.338 e. The molecule has 6 nitrogen and oxygen atoms in total. The zero-order valence-corrected chi connectivity index (χ0v) is 14.7. The molecule has 2 N–H and O–H groups in total. The van der Waals surface area contributed by atoms with Gasteiger partial charge in [0, 0.05) is 30.0 Å². The molecule has 0 radical (unpaired) electrons. The molecule has 1 heterocycles. The zero-order chi connectivity index (χ0) is 16.8. The minimum absolute atomic E-state index is 0.270. The Kier molecular flexibility index (Phi) is 6.41. The van der Waals surface area contributed by atoms with Crippen molar-refractivity contribution in [2.24, 2.45) is 0 Å². The Bertz CT molecular complexity index is 624. The van der Waals surface area contributed by atoms with Gasteiger partial charge in [0.25, 0.3) is 11.8 Å². The van der Waals surface area contributed by atoms with Gasteiger partial charge in [-0.3, -0.25) is 14.5 Å². The number of hydrogen-bond acceptors (Lipinski definition) is 3. The summed E-state index contributed by atoms with van der Waals surface area (Å²) in [7, 11) is 0. The monoisotopic (exact) mass is 401 g/mol. The number of amides is 4. The van der Waals surface area contributed by atoms with Crippen molar-refractivity contribution in [2.45, 2.75) is 12.8 Å². The number of hydrogen-bond donors (Lipinski definition) is 2. The molecule has 0 bridgehead atoms. The number of alkyl halides is 1. The summed E-state index contributed by atoms with van der Waals surface area (Å²) in [4.78, 5) is 37.1. The van der Waals surface area contributed by atoms with Crippen LogP contribution in [0.4, 0.5) is 4.79 Å². The van der Waals surface area contributed by atoms with E-state index < -0.39 is 0 Å². The first kappa shape index (κ1) is 17.7. The summed E-state index contributed by atoms with van der Waals surface area (Å²) in [5.74, 6) is -0.0854. The summed E-state index contributed by atoms with van der Waals surface area (Å²) in [6.07, 6.45) is 1.20. The number of carbonyl (C=O) groups excluding carboxylic acids is 3. The number of nitrogens with zero attached hydrogens (tertiary/aromatic N) is 1. The van der Waals surface area contributed by atoms with Crippen LogP contribution < -0.4 is 10.6 Å². The van der Waals surface area contributed by atoms with E-state index in [0.29, 0.717) is 42.9 Å². The topological polar surface area (TPSA) is 78.5 Å². The van der Waals surface area contributed by atoms with E-state index in [2.05, 4.69) is 26.6 Å². The van der Waals surface area contributed by atoms with Crippen LogP contribution in [-0.2, 0) is 0 Å². The van der Waals surface area contributed by atoms with Gasteiger partial charge in [0.15, 0.2) is 0 Å². The lowest BCUT2D eigenvalue weighted by Crippen LogP contribution is -2.38. The molecule has 1 aliphatic rings. The predicted octanol–water partition coefficient (Wildman–Crippen LogP) is 2.36. The van der Waals surface area contributed by atoms with Gasteiger partial charge in [0.05, 0.1) is 11.1 Å². The first-order chi connectivity index (χ1) is 11.0. The van der Waals surface area contributed by atoms with Gasteiger partial charge in [-0.25, -0.2) is 4.79 Å². The van der Waals surface area contributed by atoms with E-state index >= 15 is 0 Å². The van der Waals surface area contributed by atoms with E-state index in [-0.39, 0.29) is 24.4 Å². The lowest BCUT2D eigenvalue weighted by atomic mass is 10.1. The molecule has 0 aliphatic carbocycles. The summed E-state index contributed by atoms with van der Waals surface area (Å²) in [6, 6.07) is 4.75. The SMILES string of the molecule is O=C(NCCCCl)NCCCN1C(=O)c2ccc(Br)cc2C1=O. The van der Waals surface area contributed by atoms with E-state index in [1.54, 1.807) is 18.2 Å². The average Bonchev–Trinajstić information content (AvgIpc) is 2.75. The standard InChI is InChI=1S/C15H17BrClN3O3/c16-10-3-4-11-12(9-10)14(22)20(13(11)21)8-2-7-19-15(23)18-6-1-5-17/h3-4,9H,1-2,5-8H2,(H2,18,19,23). The van der Waals surface area contributed by atoms with Crippen molar-refractivity contribution in [1.29, 1.82) is 0 Å². The van der Waals surface area contributed by atoms with E-state index in [1.807, 2.05) is 0 Å². The second-order valence-corrected chi connectivity index (χ2v) is 6.32. The summed E-state index contributed by atoms with van der Waals surface area (Å²) in [5, 5.41) is 5.34.